The second kappa shape index (κ2) is 10.3. The summed E-state index contributed by atoms with van der Waals surface area (Å²) in [5.41, 5.74) is 3.13. The Bertz CT molecular complexity index is 740. The van der Waals surface area contributed by atoms with Crippen molar-refractivity contribution in [2.45, 2.75) is 59.2 Å². The molecule has 2 N–H and O–H groups in total. The average Bonchev–Trinajstić information content (AvgIpc) is 2.60. The van der Waals surface area contributed by atoms with Crippen molar-refractivity contribution in [3.05, 3.63) is 59.2 Å². The first kappa shape index (κ1) is 22.0. The predicted octanol–water partition coefficient (Wildman–Crippen LogP) is 5.03. The van der Waals surface area contributed by atoms with E-state index in [4.69, 9.17) is 4.74 Å². The van der Waals surface area contributed by atoms with Gasteiger partial charge in [0.25, 0.3) is 0 Å². The Hall–Kier alpha value is -2.33. The Morgan fingerprint density at radius 3 is 2.50 bits per heavy atom. The van der Waals surface area contributed by atoms with E-state index in [9.17, 15) is 15.0 Å². The molecule has 0 fully saturated rings. The van der Waals surface area contributed by atoms with E-state index < -0.39 is 18.2 Å². The highest BCUT2D eigenvalue weighted by molar-refractivity contribution is 5.87. The van der Waals surface area contributed by atoms with E-state index in [2.05, 4.69) is 26.8 Å². The Labute approximate surface area is 168 Å². The van der Waals surface area contributed by atoms with Gasteiger partial charge in [-0.3, -0.25) is 0 Å². The summed E-state index contributed by atoms with van der Waals surface area (Å²) in [6, 6.07) is 6.59. The number of rotatable bonds is 4. The van der Waals surface area contributed by atoms with Gasteiger partial charge in [-0.15, -0.1) is 0 Å². The number of hydrogen-bond donors (Lipinski definition) is 2. The summed E-state index contributed by atoms with van der Waals surface area (Å²) in [7, 11) is 0. The third-order valence-electron chi connectivity index (χ3n) is 5.18. The van der Waals surface area contributed by atoms with Crippen molar-refractivity contribution in [1.82, 2.24) is 0 Å². The van der Waals surface area contributed by atoms with Gasteiger partial charge in [-0.2, -0.15) is 0 Å². The van der Waals surface area contributed by atoms with Crippen LogP contribution in [0, 0.1) is 11.8 Å². The number of aliphatic hydroxyl groups is 1. The zero-order valence-corrected chi connectivity index (χ0v) is 17.3. The van der Waals surface area contributed by atoms with Crippen molar-refractivity contribution in [2.24, 2.45) is 11.8 Å². The van der Waals surface area contributed by atoms with Crippen LogP contribution in [0.4, 0.5) is 0 Å². The lowest BCUT2D eigenvalue weighted by Gasteiger charge is -2.33. The summed E-state index contributed by atoms with van der Waals surface area (Å²) in [5, 5.41) is 20.1. The molecule has 28 heavy (non-hydrogen) atoms. The monoisotopic (exact) mass is 384 g/mol. The van der Waals surface area contributed by atoms with E-state index in [1.165, 1.54) is 11.6 Å². The lowest BCUT2D eigenvalue weighted by Crippen LogP contribution is -2.38. The third kappa shape index (κ3) is 6.68. The Morgan fingerprint density at radius 1 is 1.18 bits per heavy atom. The first-order valence-electron chi connectivity index (χ1n) is 9.95. The minimum atomic E-state index is -0.648. The fraction of sp³-hybridized carbons (Fsp3) is 0.458. The van der Waals surface area contributed by atoms with Gasteiger partial charge < -0.3 is 14.9 Å². The molecule has 152 valence electrons. The number of phenols is 1. The van der Waals surface area contributed by atoms with Gasteiger partial charge in [0, 0.05) is 18.4 Å². The van der Waals surface area contributed by atoms with Crippen molar-refractivity contribution >= 4 is 12.0 Å². The lowest BCUT2D eigenvalue weighted by atomic mass is 9.81. The molecule has 3 unspecified atom stereocenters. The van der Waals surface area contributed by atoms with E-state index >= 15 is 0 Å². The number of phenolic OH excluding ortho intramolecular Hbond substituents is 1. The summed E-state index contributed by atoms with van der Waals surface area (Å²) in [5.74, 6) is -0.269. The Kier molecular flexibility index (Phi) is 8.06. The van der Waals surface area contributed by atoms with Crippen LogP contribution in [0.5, 0.6) is 5.75 Å². The summed E-state index contributed by atoms with van der Waals surface area (Å²) in [4.78, 5) is 12.5. The quantitative estimate of drug-likeness (QED) is 0.434. The van der Waals surface area contributed by atoms with Crippen LogP contribution < -0.4 is 0 Å². The molecule has 4 heteroatoms. The third-order valence-corrected chi connectivity index (χ3v) is 5.18. The van der Waals surface area contributed by atoms with Crippen molar-refractivity contribution in [3.63, 3.8) is 0 Å². The fourth-order valence-corrected chi connectivity index (χ4v) is 3.67. The normalized spacial score (nSPS) is 24.0. The largest absolute Gasteiger partial charge is 0.508 e. The zero-order valence-electron chi connectivity index (χ0n) is 17.3. The molecule has 3 atom stereocenters. The van der Waals surface area contributed by atoms with E-state index in [-0.39, 0.29) is 17.6 Å². The second-order valence-electron chi connectivity index (χ2n) is 8.02. The number of carbonyl (C=O) groups is 1. The standard InChI is InChI=1S/C24H32O4/c1-16(2)24-21(26)14-17(3)6-5-7-18(4)15-22(24)28-23(27)13-10-19-8-11-20(25)12-9-19/h7-14,16,21-22,24-26H,5-6,15H2,1-4H3. The van der Waals surface area contributed by atoms with Crippen molar-refractivity contribution in [1.29, 1.82) is 0 Å². The average molecular weight is 385 g/mol. The van der Waals surface area contributed by atoms with Crippen LogP contribution in [0.3, 0.4) is 0 Å². The van der Waals surface area contributed by atoms with Gasteiger partial charge in [0.05, 0.1) is 6.10 Å². The van der Waals surface area contributed by atoms with Crippen LogP contribution >= 0.6 is 0 Å². The smallest absolute Gasteiger partial charge is 0.331 e. The zero-order chi connectivity index (χ0) is 20.7. The Morgan fingerprint density at radius 2 is 1.86 bits per heavy atom. The molecule has 0 radical (unpaired) electrons. The topological polar surface area (TPSA) is 66.8 Å². The molecule has 0 amide bonds. The van der Waals surface area contributed by atoms with Crippen molar-refractivity contribution in [3.8, 4) is 5.75 Å². The molecule has 0 heterocycles. The van der Waals surface area contributed by atoms with E-state index in [0.29, 0.717) is 6.42 Å². The molecular formula is C24H32O4. The molecular weight excluding hydrogens is 352 g/mol. The number of allylic oxidation sites excluding steroid dienone is 2. The van der Waals surface area contributed by atoms with Gasteiger partial charge in [0.2, 0.25) is 0 Å². The number of hydrogen-bond acceptors (Lipinski definition) is 4. The highest BCUT2D eigenvalue weighted by Gasteiger charge is 2.33. The summed E-state index contributed by atoms with van der Waals surface area (Å²) >= 11 is 0. The van der Waals surface area contributed by atoms with Gasteiger partial charge in [0.1, 0.15) is 11.9 Å². The minimum absolute atomic E-state index is 0.158. The van der Waals surface area contributed by atoms with Gasteiger partial charge >= 0.3 is 5.97 Å². The number of aliphatic hydroxyl groups excluding tert-OH is 1. The van der Waals surface area contributed by atoms with Crippen molar-refractivity contribution in [2.75, 3.05) is 0 Å². The fourth-order valence-electron chi connectivity index (χ4n) is 3.67. The summed E-state index contributed by atoms with van der Waals surface area (Å²) < 4.78 is 5.81. The first-order chi connectivity index (χ1) is 13.3. The second-order valence-corrected chi connectivity index (χ2v) is 8.02. The predicted molar refractivity (Wildman–Crippen MR) is 113 cm³/mol. The van der Waals surface area contributed by atoms with Gasteiger partial charge in [-0.1, -0.05) is 49.3 Å². The number of esters is 1. The summed E-state index contributed by atoms with van der Waals surface area (Å²) in [6.07, 6.45) is 8.59. The van der Waals surface area contributed by atoms with Crippen LogP contribution in [-0.2, 0) is 9.53 Å². The van der Waals surface area contributed by atoms with Crippen LogP contribution in [0.2, 0.25) is 0 Å². The molecule has 0 aromatic heterocycles. The van der Waals surface area contributed by atoms with E-state index in [0.717, 1.165) is 24.0 Å². The lowest BCUT2D eigenvalue weighted by molar-refractivity contribution is -0.148. The van der Waals surface area contributed by atoms with Crippen LogP contribution in [0.1, 0.15) is 52.5 Å². The van der Waals surface area contributed by atoms with Crippen LogP contribution in [-0.4, -0.2) is 28.4 Å². The molecule has 0 saturated heterocycles. The SMILES string of the molecule is CC1=CC(O)C(C(C)C)C(OC(=O)C=Cc2ccc(O)cc2)CC(C)=CCC1. The maximum atomic E-state index is 12.5. The highest BCUT2D eigenvalue weighted by Crippen LogP contribution is 2.30. The number of aromatic hydroxyl groups is 1. The Balaban J connectivity index is 2.20. The van der Waals surface area contributed by atoms with Crippen molar-refractivity contribution < 1.29 is 19.7 Å². The molecule has 0 spiro atoms. The number of ether oxygens (including phenoxy) is 1. The van der Waals surface area contributed by atoms with E-state index in [1.54, 1.807) is 30.3 Å². The van der Waals surface area contributed by atoms with Gasteiger partial charge in [-0.25, -0.2) is 4.79 Å². The molecule has 0 bridgehead atoms. The molecule has 1 aromatic rings. The molecule has 4 nitrogen and oxygen atoms in total. The molecule has 0 aliphatic heterocycles. The van der Waals surface area contributed by atoms with Crippen LogP contribution in [0.15, 0.2) is 53.6 Å². The molecule has 2 rings (SSSR count). The molecule has 1 aliphatic rings. The molecule has 1 aliphatic carbocycles. The number of benzene rings is 1. The first-order valence-corrected chi connectivity index (χ1v) is 9.95. The number of carbonyl (C=O) groups excluding carboxylic acids is 1. The molecule has 0 saturated carbocycles. The van der Waals surface area contributed by atoms with E-state index in [1.807, 2.05) is 13.0 Å². The summed E-state index contributed by atoms with van der Waals surface area (Å²) in [6.45, 7) is 8.19. The maximum absolute atomic E-state index is 12.5. The van der Waals surface area contributed by atoms with Gasteiger partial charge in [-0.05, 0) is 56.4 Å². The minimum Gasteiger partial charge on any atom is -0.508 e. The maximum Gasteiger partial charge on any atom is 0.331 e. The molecule has 1 aromatic carbocycles. The van der Waals surface area contributed by atoms with Gasteiger partial charge in [0.15, 0.2) is 0 Å². The van der Waals surface area contributed by atoms with Crippen LogP contribution in [0.25, 0.3) is 6.08 Å². The highest BCUT2D eigenvalue weighted by atomic mass is 16.5.